The van der Waals surface area contributed by atoms with Gasteiger partial charge in [0.1, 0.15) is 25.0 Å². The van der Waals surface area contributed by atoms with Crippen molar-refractivity contribution < 1.29 is 22.3 Å². The molecular weight excluding hydrogens is 371 g/mol. The average Bonchev–Trinajstić information content (AvgIpc) is 2.59. The quantitative estimate of drug-likeness (QED) is 0.774. The van der Waals surface area contributed by atoms with E-state index in [1.807, 2.05) is 4.72 Å². The molecule has 2 rings (SSSR count). The summed E-state index contributed by atoms with van der Waals surface area (Å²) in [5.41, 5.74) is -0.0586. The van der Waals surface area contributed by atoms with Crippen LogP contribution in [-0.4, -0.2) is 20.9 Å². The van der Waals surface area contributed by atoms with Gasteiger partial charge in [-0.2, -0.15) is 9.98 Å². The maximum atomic E-state index is 13.6. The lowest BCUT2D eigenvalue weighted by molar-refractivity contribution is -0.143. The Balaban J connectivity index is 1.99. The van der Waals surface area contributed by atoms with Gasteiger partial charge in [0.2, 0.25) is 10.0 Å². The van der Waals surface area contributed by atoms with Crippen LogP contribution in [-0.2, 0) is 26.2 Å². The number of nitrogens with one attached hydrogen (secondary N) is 1. The summed E-state index contributed by atoms with van der Waals surface area (Å²) in [5.74, 6) is -1.55. The van der Waals surface area contributed by atoms with Crippen molar-refractivity contribution in [2.75, 3.05) is 6.54 Å². The van der Waals surface area contributed by atoms with E-state index in [1.54, 1.807) is 6.07 Å². The fourth-order valence-corrected chi connectivity index (χ4v) is 3.24. The average molecular weight is 383 g/mol. The molecule has 0 spiro atoms. The molecule has 0 aliphatic rings. The van der Waals surface area contributed by atoms with Gasteiger partial charge < -0.3 is 4.74 Å². The summed E-state index contributed by atoms with van der Waals surface area (Å²) in [7, 11) is -4.07. The molecule has 0 saturated heterocycles. The van der Waals surface area contributed by atoms with E-state index >= 15 is 0 Å². The third kappa shape index (κ3) is 4.76. The Morgan fingerprint density at radius 1 is 1.24 bits per heavy atom. The smallest absolute Gasteiger partial charge is 0.321 e. The minimum absolute atomic E-state index is 0.00444. The SMILES string of the molecule is N#Cc1ccccc1S(=O)(=O)NCC(=O)OCc1c(F)cccc1Cl. The number of rotatable bonds is 6. The number of ether oxygens (including phenoxy) is 1. The first kappa shape index (κ1) is 18.9. The summed E-state index contributed by atoms with van der Waals surface area (Å²) in [4.78, 5) is 11.4. The molecule has 0 radical (unpaired) electrons. The number of sulfonamides is 1. The maximum absolute atomic E-state index is 13.6. The van der Waals surface area contributed by atoms with Crippen LogP contribution in [0.1, 0.15) is 11.1 Å². The first-order valence-corrected chi connectivity index (χ1v) is 8.78. The van der Waals surface area contributed by atoms with Crippen molar-refractivity contribution in [2.24, 2.45) is 0 Å². The lowest BCUT2D eigenvalue weighted by Crippen LogP contribution is -2.31. The van der Waals surface area contributed by atoms with Crippen LogP contribution in [0.4, 0.5) is 4.39 Å². The van der Waals surface area contributed by atoms with Gasteiger partial charge in [-0.15, -0.1) is 0 Å². The lowest BCUT2D eigenvalue weighted by Gasteiger charge is -2.09. The molecule has 130 valence electrons. The third-order valence-electron chi connectivity index (χ3n) is 3.14. The molecule has 0 aliphatic carbocycles. The molecule has 0 aromatic heterocycles. The Kier molecular flexibility index (Phi) is 6.09. The molecule has 9 heteroatoms. The number of nitriles is 1. The standard InChI is InChI=1S/C16H12ClFN2O4S/c17-13-5-3-6-14(18)12(13)10-24-16(21)9-20-25(22,23)15-7-2-1-4-11(15)8-19/h1-7,20H,9-10H2. The number of esters is 1. The molecule has 0 unspecified atom stereocenters. The molecule has 2 aromatic carbocycles. The molecule has 0 atom stereocenters. The van der Waals surface area contributed by atoms with Crippen molar-refractivity contribution >= 4 is 27.6 Å². The van der Waals surface area contributed by atoms with Gasteiger partial charge in [0.25, 0.3) is 0 Å². The molecule has 0 amide bonds. The van der Waals surface area contributed by atoms with Gasteiger partial charge in [0.15, 0.2) is 0 Å². The second-order valence-corrected chi connectivity index (χ2v) is 6.94. The van der Waals surface area contributed by atoms with Crippen molar-refractivity contribution in [2.45, 2.75) is 11.5 Å². The predicted octanol–water partition coefficient (Wildman–Crippen LogP) is 2.37. The molecule has 0 saturated carbocycles. The fourth-order valence-electron chi connectivity index (χ4n) is 1.90. The number of carbonyl (C=O) groups is 1. The molecule has 0 fully saturated rings. The van der Waals surface area contributed by atoms with Crippen molar-refractivity contribution in [3.63, 3.8) is 0 Å². The highest BCUT2D eigenvalue weighted by molar-refractivity contribution is 7.89. The first-order chi connectivity index (χ1) is 11.8. The zero-order valence-corrected chi connectivity index (χ0v) is 14.3. The van der Waals surface area contributed by atoms with Crippen LogP contribution < -0.4 is 4.72 Å². The van der Waals surface area contributed by atoms with Crippen molar-refractivity contribution in [1.29, 1.82) is 5.26 Å². The molecule has 0 heterocycles. The third-order valence-corrected chi connectivity index (χ3v) is 4.96. The largest absolute Gasteiger partial charge is 0.460 e. The van der Waals surface area contributed by atoms with Crippen LogP contribution in [0, 0.1) is 17.1 Å². The van der Waals surface area contributed by atoms with Gasteiger partial charge in [0, 0.05) is 5.56 Å². The summed E-state index contributed by atoms with van der Waals surface area (Å²) in [5, 5.41) is 9.03. The number of halogens is 2. The Morgan fingerprint density at radius 3 is 2.64 bits per heavy atom. The number of hydrogen-bond acceptors (Lipinski definition) is 5. The second-order valence-electron chi connectivity index (χ2n) is 4.79. The zero-order valence-electron chi connectivity index (χ0n) is 12.7. The molecule has 0 bridgehead atoms. The van der Waals surface area contributed by atoms with Crippen LogP contribution in [0.15, 0.2) is 47.4 Å². The van der Waals surface area contributed by atoms with E-state index in [-0.39, 0.29) is 21.0 Å². The van der Waals surface area contributed by atoms with Crippen LogP contribution in [0.2, 0.25) is 5.02 Å². The molecular formula is C16H12ClFN2O4S. The van der Waals surface area contributed by atoms with E-state index < -0.39 is 35.0 Å². The Hall–Kier alpha value is -2.47. The summed E-state index contributed by atoms with van der Waals surface area (Å²) >= 11 is 5.80. The molecule has 2 aromatic rings. The van der Waals surface area contributed by atoms with E-state index in [2.05, 4.69) is 0 Å². The molecule has 25 heavy (non-hydrogen) atoms. The molecule has 1 N–H and O–H groups in total. The predicted molar refractivity (Wildman–Crippen MR) is 87.6 cm³/mol. The zero-order chi connectivity index (χ0) is 18.4. The van der Waals surface area contributed by atoms with E-state index in [1.165, 1.54) is 36.4 Å². The van der Waals surface area contributed by atoms with Crippen molar-refractivity contribution in [3.8, 4) is 6.07 Å². The Morgan fingerprint density at radius 2 is 1.96 bits per heavy atom. The number of carbonyl (C=O) groups excluding carboxylic acids is 1. The van der Waals surface area contributed by atoms with Gasteiger partial charge in [0.05, 0.1) is 15.5 Å². The summed E-state index contributed by atoms with van der Waals surface area (Å²) in [6.45, 7) is -1.10. The topological polar surface area (TPSA) is 96.3 Å². The summed E-state index contributed by atoms with van der Waals surface area (Å²) in [6.07, 6.45) is 0. The number of benzene rings is 2. The highest BCUT2D eigenvalue weighted by atomic mass is 35.5. The van der Waals surface area contributed by atoms with Gasteiger partial charge in [-0.05, 0) is 24.3 Å². The van der Waals surface area contributed by atoms with E-state index in [9.17, 15) is 17.6 Å². The Labute approximate surface area is 148 Å². The van der Waals surface area contributed by atoms with Gasteiger partial charge in [-0.1, -0.05) is 29.8 Å². The second kappa shape index (κ2) is 8.07. The van der Waals surface area contributed by atoms with Crippen LogP contribution in [0.5, 0.6) is 0 Å². The minimum Gasteiger partial charge on any atom is -0.460 e. The van der Waals surface area contributed by atoms with E-state index in [0.29, 0.717) is 0 Å². The van der Waals surface area contributed by atoms with Crippen molar-refractivity contribution in [1.82, 2.24) is 4.72 Å². The monoisotopic (exact) mass is 382 g/mol. The highest BCUT2D eigenvalue weighted by Crippen LogP contribution is 2.19. The van der Waals surface area contributed by atoms with Gasteiger partial charge in [-0.25, -0.2) is 12.8 Å². The van der Waals surface area contributed by atoms with E-state index in [0.717, 1.165) is 6.07 Å². The maximum Gasteiger partial charge on any atom is 0.321 e. The Bertz CT molecular complexity index is 921. The van der Waals surface area contributed by atoms with Gasteiger partial charge >= 0.3 is 5.97 Å². The molecule has 0 aliphatic heterocycles. The number of nitrogens with zero attached hydrogens (tertiary/aromatic N) is 1. The lowest BCUT2D eigenvalue weighted by atomic mass is 10.2. The van der Waals surface area contributed by atoms with Crippen LogP contribution >= 0.6 is 11.6 Å². The summed E-state index contributed by atoms with van der Waals surface area (Å²) < 4.78 is 44.7. The van der Waals surface area contributed by atoms with Gasteiger partial charge in [-0.3, -0.25) is 4.79 Å². The van der Waals surface area contributed by atoms with Crippen LogP contribution in [0.3, 0.4) is 0 Å². The van der Waals surface area contributed by atoms with Crippen molar-refractivity contribution in [3.05, 3.63) is 64.4 Å². The first-order valence-electron chi connectivity index (χ1n) is 6.92. The van der Waals surface area contributed by atoms with Crippen LogP contribution in [0.25, 0.3) is 0 Å². The molecule has 6 nitrogen and oxygen atoms in total. The fraction of sp³-hybridized carbons (Fsp3) is 0.125. The minimum atomic E-state index is -4.07. The number of hydrogen-bond donors (Lipinski definition) is 1. The highest BCUT2D eigenvalue weighted by Gasteiger charge is 2.20. The normalized spacial score (nSPS) is 10.9. The summed E-state index contributed by atoms with van der Waals surface area (Å²) in [6, 6.07) is 11.3. The van der Waals surface area contributed by atoms with E-state index in [4.69, 9.17) is 21.6 Å².